The molecule has 0 unspecified atom stereocenters. The summed E-state index contributed by atoms with van der Waals surface area (Å²) in [6, 6.07) is 25.2. The van der Waals surface area contributed by atoms with Crippen LogP contribution < -0.4 is 9.62 Å². The number of hydrogen-bond acceptors (Lipinski definition) is 4. The molecule has 1 saturated carbocycles. The SMILES string of the molecule is Cc1ccc(S(=O)(=O)N(CC(=O)N(Cc2ccccc2F)[C@@H](Cc2ccccc2)C(=O)NC2CCCC2)c2ccccc2F)cc1. The van der Waals surface area contributed by atoms with Crippen molar-refractivity contribution in [2.75, 3.05) is 10.8 Å². The van der Waals surface area contributed by atoms with Crippen LogP contribution in [0.3, 0.4) is 0 Å². The maximum atomic E-state index is 15.3. The second-order valence-electron chi connectivity index (χ2n) is 11.6. The third-order valence-corrected chi connectivity index (χ3v) is 10.1. The summed E-state index contributed by atoms with van der Waals surface area (Å²) >= 11 is 0. The molecule has 0 saturated heterocycles. The third kappa shape index (κ3) is 7.80. The van der Waals surface area contributed by atoms with Crippen LogP contribution in [0.15, 0.2) is 108 Å². The molecule has 0 aromatic heterocycles. The Bertz CT molecular complexity index is 1760. The smallest absolute Gasteiger partial charge is 0.264 e. The predicted molar refractivity (Wildman–Crippen MR) is 173 cm³/mol. The van der Waals surface area contributed by atoms with Crippen molar-refractivity contribution in [1.29, 1.82) is 0 Å². The quantitative estimate of drug-likeness (QED) is 0.200. The van der Waals surface area contributed by atoms with Crippen molar-refractivity contribution in [1.82, 2.24) is 10.2 Å². The number of nitrogens with one attached hydrogen (secondary N) is 1. The van der Waals surface area contributed by atoms with E-state index in [0.717, 1.165) is 47.2 Å². The van der Waals surface area contributed by atoms with Crippen LogP contribution in [0.1, 0.15) is 42.4 Å². The number of halogens is 2. The molecule has 1 fully saturated rings. The van der Waals surface area contributed by atoms with Gasteiger partial charge in [-0.3, -0.25) is 13.9 Å². The van der Waals surface area contributed by atoms with Crippen LogP contribution in [-0.4, -0.2) is 43.8 Å². The number of rotatable bonds is 12. The topological polar surface area (TPSA) is 86.8 Å². The molecule has 7 nitrogen and oxygen atoms in total. The Kier molecular flexibility index (Phi) is 10.5. The Morgan fingerprint density at radius 2 is 1.43 bits per heavy atom. The predicted octanol–water partition coefficient (Wildman–Crippen LogP) is 6.17. The number of carbonyl (C=O) groups excluding carboxylic acids is 2. The van der Waals surface area contributed by atoms with Crippen LogP contribution in [0.5, 0.6) is 0 Å². The third-order valence-electron chi connectivity index (χ3n) is 8.28. The summed E-state index contributed by atoms with van der Waals surface area (Å²) < 4.78 is 59.1. The van der Waals surface area contributed by atoms with Crippen molar-refractivity contribution < 1.29 is 26.8 Å². The van der Waals surface area contributed by atoms with Crippen LogP contribution in [-0.2, 0) is 32.6 Å². The number of aryl methyl sites for hydroxylation is 1. The number of carbonyl (C=O) groups is 2. The van der Waals surface area contributed by atoms with Crippen LogP contribution in [0, 0.1) is 18.6 Å². The summed E-state index contributed by atoms with van der Waals surface area (Å²) in [5, 5.41) is 3.07. The van der Waals surface area contributed by atoms with Gasteiger partial charge < -0.3 is 10.2 Å². The molecule has 0 heterocycles. The van der Waals surface area contributed by atoms with Crippen molar-refractivity contribution >= 4 is 27.5 Å². The fourth-order valence-corrected chi connectivity index (χ4v) is 7.16. The van der Waals surface area contributed by atoms with Gasteiger partial charge in [-0.15, -0.1) is 0 Å². The van der Waals surface area contributed by atoms with Crippen molar-refractivity contribution in [2.24, 2.45) is 0 Å². The zero-order valence-corrected chi connectivity index (χ0v) is 26.4. The Morgan fingerprint density at radius 1 is 0.826 bits per heavy atom. The first-order valence-electron chi connectivity index (χ1n) is 15.3. The minimum atomic E-state index is -4.46. The monoisotopic (exact) mass is 645 g/mol. The van der Waals surface area contributed by atoms with Crippen molar-refractivity contribution in [3.63, 3.8) is 0 Å². The fraction of sp³-hybridized carbons (Fsp3) is 0.278. The van der Waals surface area contributed by atoms with E-state index >= 15 is 8.78 Å². The summed E-state index contributed by atoms with van der Waals surface area (Å²) in [7, 11) is -4.46. The van der Waals surface area contributed by atoms with Gasteiger partial charge in [-0.25, -0.2) is 17.2 Å². The standard InChI is InChI=1S/C36H37F2N3O4S/c1-26-19-21-30(22-20-26)46(44,45)41(33-18-10-9-17-32(33)38)25-35(42)40(24-28-13-5-8-16-31(28)37)34(23-27-11-3-2-4-12-27)36(43)39-29-14-6-7-15-29/h2-5,8-13,16-22,29,34H,6-7,14-15,23-25H2,1H3,(H,39,43)/t34-/m0/s1. The molecule has 1 aliphatic carbocycles. The molecule has 0 bridgehead atoms. The summed E-state index contributed by atoms with van der Waals surface area (Å²) in [5.41, 5.74) is 1.41. The highest BCUT2D eigenvalue weighted by Crippen LogP contribution is 2.28. The molecule has 2 amide bonds. The minimum Gasteiger partial charge on any atom is -0.352 e. The molecule has 1 aliphatic rings. The molecule has 4 aromatic carbocycles. The number of benzene rings is 4. The van der Waals surface area contributed by atoms with Crippen molar-refractivity contribution in [2.45, 2.75) is 62.6 Å². The van der Waals surface area contributed by atoms with Crippen molar-refractivity contribution in [3.05, 3.63) is 131 Å². The second kappa shape index (κ2) is 14.7. The van der Waals surface area contributed by atoms with Gasteiger partial charge in [0.25, 0.3) is 10.0 Å². The van der Waals surface area contributed by atoms with Gasteiger partial charge in [0.05, 0.1) is 10.6 Å². The highest BCUT2D eigenvalue weighted by atomic mass is 32.2. The van der Waals surface area contributed by atoms with Gasteiger partial charge in [0.2, 0.25) is 11.8 Å². The van der Waals surface area contributed by atoms with Crippen LogP contribution in [0.25, 0.3) is 0 Å². The zero-order valence-electron chi connectivity index (χ0n) is 25.6. The second-order valence-corrected chi connectivity index (χ2v) is 13.4. The number of para-hydroxylation sites is 1. The van der Waals surface area contributed by atoms with Gasteiger partial charge in [0.1, 0.15) is 24.2 Å². The van der Waals surface area contributed by atoms with E-state index in [1.165, 1.54) is 53.4 Å². The maximum Gasteiger partial charge on any atom is 0.264 e. The number of anilines is 1. The molecule has 5 rings (SSSR count). The van der Waals surface area contributed by atoms with Gasteiger partial charge in [-0.2, -0.15) is 0 Å². The fourth-order valence-electron chi connectivity index (χ4n) is 5.74. The average molecular weight is 646 g/mol. The summed E-state index contributed by atoms with van der Waals surface area (Å²) in [6.45, 7) is 0.670. The number of nitrogens with zero attached hydrogens (tertiary/aromatic N) is 2. The number of amides is 2. The lowest BCUT2D eigenvalue weighted by molar-refractivity contribution is -0.140. The average Bonchev–Trinajstić information content (AvgIpc) is 3.56. The molecule has 240 valence electrons. The van der Waals surface area contributed by atoms with E-state index in [1.54, 1.807) is 25.1 Å². The molecule has 0 radical (unpaired) electrons. The van der Waals surface area contributed by atoms with Gasteiger partial charge in [0, 0.05) is 24.6 Å². The Labute approximate surface area is 268 Å². The normalized spacial score (nSPS) is 14.1. The van der Waals surface area contributed by atoms with Gasteiger partial charge in [-0.05, 0) is 55.7 Å². The Hall–Kier alpha value is -4.57. The van der Waals surface area contributed by atoms with E-state index in [1.807, 2.05) is 30.3 Å². The molecule has 0 aliphatic heterocycles. The number of sulfonamides is 1. The van der Waals surface area contributed by atoms with E-state index in [0.29, 0.717) is 0 Å². The molecular formula is C36H37F2N3O4S. The zero-order chi connectivity index (χ0) is 32.7. The van der Waals surface area contributed by atoms with E-state index in [2.05, 4.69) is 5.32 Å². The summed E-state index contributed by atoms with van der Waals surface area (Å²) in [6.07, 6.45) is 3.66. The molecule has 4 aromatic rings. The van der Waals surface area contributed by atoms with E-state index in [-0.39, 0.29) is 35.2 Å². The first-order valence-corrected chi connectivity index (χ1v) is 16.8. The lowest BCUT2D eigenvalue weighted by atomic mass is 10.0. The van der Waals surface area contributed by atoms with Gasteiger partial charge >= 0.3 is 0 Å². The lowest BCUT2D eigenvalue weighted by Crippen LogP contribution is -2.54. The molecule has 0 spiro atoms. The summed E-state index contributed by atoms with van der Waals surface area (Å²) in [5.74, 6) is -2.62. The number of hydrogen-bond donors (Lipinski definition) is 1. The molecule has 10 heteroatoms. The van der Waals surface area contributed by atoms with E-state index in [9.17, 15) is 18.0 Å². The molecular weight excluding hydrogens is 608 g/mol. The highest BCUT2D eigenvalue weighted by Gasteiger charge is 2.36. The van der Waals surface area contributed by atoms with Crippen molar-refractivity contribution in [3.8, 4) is 0 Å². The molecule has 46 heavy (non-hydrogen) atoms. The van der Waals surface area contributed by atoms with Gasteiger partial charge in [-0.1, -0.05) is 91.2 Å². The molecule has 1 atom stereocenters. The lowest BCUT2D eigenvalue weighted by Gasteiger charge is -2.34. The summed E-state index contributed by atoms with van der Waals surface area (Å²) in [4.78, 5) is 29.5. The largest absolute Gasteiger partial charge is 0.352 e. The van der Waals surface area contributed by atoms with Gasteiger partial charge in [0.15, 0.2) is 0 Å². The van der Waals surface area contributed by atoms with E-state index < -0.39 is 46.1 Å². The van der Waals surface area contributed by atoms with Crippen LogP contribution in [0.2, 0.25) is 0 Å². The Balaban J connectivity index is 1.58. The molecule has 1 N–H and O–H groups in total. The first kappa shape index (κ1) is 32.8. The van der Waals surface area contributed by atoms with Crippen LogP contribution in [0.4, 0.5) is 14.5 Å². The first-order chi connectivity index (χ1) is 22.1. The highest BCUT2D eigenvalue weighted by molar-refractivity contribution is 7.92. The van der Waals surface area contributed by atoms with Crippen LogP contribution >= 0.6 is 0 Å². The maximum absolute atomic E-state index is 15.3. The van der Waals surface area contributed by atoms with E-state index in [4.69, 9.17) is 0 Å². The Morgan fingerprint density at radius 3 is 2.09 bits per heavy atom. The minimum absolute atomic E-state index is 0.0620.